The van der Waals surface area contributed by atoms with Gasteiger partial charge in [-0.2, -0.15) is 23.3 Å². The molecule has 0 spiro atoms. The summed E-state index contributed by atoms with van der Waals surface area (Å²) in [6.45, 7) is 1.53. The number of benzene rings is 2. The van der Waals surface area contributed by atoms with Crippen LogP contribution >= 0.6 is 23.4 Å². The van der Waals surface area contributed by atoms with Gasteiger partial charge >= 0.3 is 6.18 Å². The van der Waals surface area contributed by atoms with Crippen LogP contribution in [0.3, 0.4) is 0 Å². The number of hydrogen-bond donors (Lipinski definition) is 0. The maximum absolute atomic E-state index is 13.5. The normalized spacial score (nSPS) is 18.5. The molecule has 1 amide bonds. The molecule has 0 N–H and O–H groups in total. The number of amides is 1. The van der Waals surface area contributed by atoms with Gasteiger partial charge in [0.2, 0.25) is 0 Å². The smallest absolute Gasteiger partial charge is 0.381 e. The second-order valence-electron chi connectivity index (χ2n) is 8.65. The zero-order valence-corrected chi connectivity index (χ0v) is 20.8. The van der Waals surface area contributed by atoms with Crippen LogP contribution in [0.1, 0.15) is 29.5 Å². The lowest BCUT2D eigenvalue weighted by Gasteiger charge is -2.31. The Kier molecular flexibility index (Phi) is 6.84. The van der Waals surface area contributed by atoms with Gasteiger partial charge in [0, 0.05) is 30.6 Å². The Bertz CT molecular complexity index is 1380. The molecular weight excluding hydrogens is 513 g/mol. The number of nitrogens with zero attached hydrogens (tertiary/aromatic N) is 4. The molecule has 1 saturated heterocycles. The molecule has 0 radical (unpaired) electrons. The van der Waals surface area contributed by atoms with Crippen LogP contribution in [0.15, 0.2) is 52.5 Å². The number of methoxy groups -OCH3 is 1. The third-order valence-electron chi connectivity index (χ3n) is 6.32. The molecule has 2 aromatic carbocycles. The van der Waals surface area contributed by atoms with Crippen LogP contribution in [0, 0.1) is 0 Å². The zero-order chi connectivity index (χ0) is 25.4. The number of piperidine rings is 1. The Hall–Kier alpha value is -2.82. The second-order valence-corrected chi connectivity index (χ2v) is 10.1. The number of fused-ring (bicyclic) bond motifs is 1. The van der Waals surface area contributed by atoms with Gasteiger partial charge in [-0.05, 0) is 66.1 Å². The first-order valence-corrected chi connectivity index (χ1v) is 12.5. The molecule has 0 unspecified atom stereocenters. The van der Waals surface area contributed by atoms with Gasteiger partial charge in [-0.15, -0.1) is 0 Å². The van der Waals surface area contributed by atoms with Gasteiger partial charge in [0.05, 0.1) is 34.8 Å². The maximum atomic E-state index is 13.5. The molecule has 6 nitrogen and oxygen atoms in total. The number of carbonyl (C=O) groups excluding carboxylic acids is 1. The first kappa shape index (κ1) is 24.9. The number of aromatic nitrogens is 2. The molecule has 0 saturated carbocycles. The first-order valence-electron chi connectivity index (χ1n) is 11.3. The number of halogens is 4. The van der Waals surface area contributed by atoms with E-state index in [1.807, 2.05) is 12.1 Å². The highest BCUT2D eigenvalue weighted by Gasteiger charge is 2.34. The minimum atomic E-state index is -4.52. The van der Waals surface area contributed by atoms with E-state index in [0.717, 1.165) is 42.9 Å². The molecule has 3 heterocycles. The summed E-state index contributed by atoms with van der Waals surface area (Å²) in [6.07, 6.45) is 0.893. The van der Waals surface area contributed by atoms with Gasteiger partial charge < -0.3 is 9.64 Å². The van der Waals surface area contributed by atoms with Crippen LogP contribution in [-0.4, -0.2) is 52.1 Å². The molecule has 2 aliphatic heterocycles. The zero-order valence-electron chi connectivity index (χ0n) is 19.3. The molecule has 1 aromatic heterocycles. The molecule has 0 atom stereocenters. The Labute approximate surface area is 214 Å². The molecular formula is C25H22ClF3N4O2S. The van der Waals surface area contributed by atoms with E-state index in [-0.39, 0.29) is 29.1 Å². The van der Waals surface area contributed by atoms with E-state index in [4.69, 9.17) is 16.3 Å². The number of rotatable bonds is 4. The van der Waals surface area contributed by atoms with E-state index in [1.165, 1.54) is 28.6 Å². The summed E-state index contributed by atoms with van der Waals surface area (Å²) in [5.41, 5.74) is 0.771. The monoisotopic (exact) mass is 534 g/mol. The van der Waals surface area contributed by atoms with Crippen molar-refractivity contribution in [3.63, 3.8) is 0 Å². The van der Waals surface area contributed by atoms with Gasteiger partial charge in [-0.3, -0.25) is 9.48 Å². The summed E-state index contributed by atoms with van der Waals surface area (Å²) in [4.78, 5) is 19.4. The maximum Gasteiger partial charge on any atom is 0.416 e. The molecule has 36 heavy (non-hydrogen) atoms. The first-order chi connectivity index (χ1) is 17.2. The van der Waals surface area contributed by atoms with Crippen molar-refractivity contribution in [3.8, 4) is 0 Å². The lowest BCUT2D eigenvalue weighted by Crippen LogP contribution is -2.38. The Morgan fingerprint density at radius 2 is 1.97 bits per heavy atom. The van der Waals surface area contributed by atoms with Crippen molar-refractivity contribution in [1.82, 2.24) is 14.7 Å². The minimum absolute atomic E-state index is 0.0278. The van der Waals surface area contributed by atoms with E-state index in [0.29, 0.717) is 15.6 Å². The van der Waals surface area contributed by atoms with Gasteiger partial charge in [0.25, 0.3) is 5.91 Å². The van der Waals surface area contributed by atoms with E-state index < -0.39 is 11.7 Å². The van der Waals surface area contributed by atoms with Gasteiger partial charge in [0.1, 0.15) is 0 Å². The summed E-state index contributed by atoms with van der Waals surface area (Å²) < 4.78 is 47.4. The molecule has 3 aromatic rings. The number of thioether (sulfide) groups is 1. The fourth-order valence-electron chi connectivity index (χ4n) is 4.40. The molecule has 0 bridgehead atoms. The van der Waals surface area contributed by atoms with Crippen LogP contribution in [0.5, 0.6) is 0 Å². The number of ether oxygens (including phenoxy) is 1. The summed E-state index contributed by atoms with van der Waals surface area (Å²) in [5.74, 6) is -0.276. The molecule has 0 aliphatic carbocycles. The fourth-order valence-corrected chi connectivity index (χ4v) is 5.54. The van der Waals surface area contributed by atoms with Crippen LogP contribution in [-0.2, 0) is 22.3 Å². The third-order valence-corrected chi connectivity index (χ3v) is 7.60. The SMILES string of the molecule is COC1CCN(C2=NC(=O)/C(=C/c3ccc4c(cnn4Cc4ccc(Cl)cc4C(F)(F)F)c3)S2)CC1. The molecule has 11 heteroatoms. The predicted octanol–water partition coefficient (Wildman–Crippen LogP) is 5.84. The van der Waals surface area contributed by atoms with Crippen LogP contribution in [0.25, 0.3) is 17.0 Å². The largest absolute Gasteiger partial charge is 0.416 e. The molecule has 1 fully saturated rings. The lowest BCUT2D eigenvalue weighted by molar-refractivity contribution is -0.138. The van der Waals surface area contributed by atoms with Crippen molar-refractivity contribution < 1.29 is 22.7 Å². The Balaban J connectivity index is 1.33. The summed E-state index contributed by atoms with van der Waals surface area (Å²) in [6, 6.07) is 9.20. The van der Waals surface area contributed by atoms with E-state index in [2.05, 4.69) is 15.0 Å². The van der Waals surface area contributed by atoms with Crippen molar-refractivity contribution >= 4 is 51.4 Å². The average Bonchev–Trinajstić information content (AvgIpc) is 3.42. The number of carbonyl (C=O) groups is 1. The Morgan fingerprint density at radius 1 is 1.19 bits per heavy atom. The minimum Gasteiger partial charge on any atom is -0.381 e. The highest BCUT2D eigenvalue weighted by Crippen LogP contribution is 2.35. The number of aliphatic imine (C=N–C) groups is 1. The Morgan fingerprint density at radius 3 is 2.69 bits per heavy atom. The van der Waals surface area contributed by atoms with E-state index in [9.17, 15) is 18.0 Å². The van der Waals surface area contributed by atoms with Crippen molar-refractivity contribution in [2.24, 2.45) is 4.99 Å². The van der Waals surface area contributed by atoms with Gasteiger partial charge in [-0.1, -0.05) is 23.7 Å². The fraction of sp³-hybridized carbons (Fsp3) is 0.320. The predicted molar refractivity (Wildman–Crippen MR) is 135 cm³/mol. The summed E-state index contributed by atoms with van der Waals surface area (Å²) in [7, 11) is 1.71. The van der Waals surface area contributed by atoms with Crippen LogP contribution in [0.4, 0.5) is 13.2 Å². The number of alkyl halides is 3. The van der Waals surface area contributed by atoms with Crippen molar-refractivity contribution in [2.45, 2.75) is 31.7 Å². The van der Waals surface area contributed by atoms with Crippen molar-refractivity contribution in [1.29, 1.82) is 0 Å². The van der Waals surface area contributed by atoms with Crippen LogP contribution < -0.4 is 0 Å². The summed E-state index contributed by atoms with van der Waals surface area (Å²) >= 11 is 7.15. The van der Waals surface area contributed by atoms with Gasteiger partial charge in [0.15, 0.2) is 5.17 Å². The van der Waals surface area contributed by atoms with Gasteiger partial charge in [-0.25, -0.2) is 0 Å². The number of hydrogen-bond acceptors (Lipinski definition) is 5. The average molecular weight is 535 g/mol. The number of amidine groups is 1. The topological polar surface area (TPSA) is 59.7 Å². The quantitative estimate of drug-likeness (QED) is 0.394. The second kappa shape index (κ2) is 9.91. The van der Waals surface area contributed by atoms with E-state index in [1.54, 1.807) is 25.4 Å². The highest BCUT2D eigenvalue weighted by atomic mass is 35.5. The van der Waals surface area contributed by atoms with E-state index >= 15 is 0 Å². The van der Waals surface area contributed by atoms with Crippen LogP contribution in [0.2, 0.25) is 5.02 Å². The summed E-state index contributed by atoms with van der Waals surface area (Å²) in [5, 5.41) is 5.78. The van der Waals surface area contributed by atoms with Crippen molar-refractivity contribution in [3.05, 3.63) is 69.2 Å². The molecule has 2 aliphatic rings. The number of likely N-dealkylation sites (tertiary alicyclic amines) is 1. The third kappa shape index (κ3) is 5.16. The van der Waals surface area contributed by atoms with Crippen molar-refractivity contribution in [2.75, 3.05) is 20.2 Å². The molecule has 188 valence electrons. The lowest BCUT2D eigenvalue weighted by atomic mass is 10.1. The standard InChI is InChI=1S/C25H22ClF3N4O2S/c1-35-19-6-8-32(9-7-19)24-31-23(34)22(36-24)11-15-2-5-21-17(10-15)13-30-33(21)14-16-3-4-18(26)12-20(16)25(27,28)29/h2-5,10-13,19H,6-9,14H2,1H3/b22-11-. The molecule has 5 rings (SSSR count). The highest BCUT2D eigenvalue weighted by molar-refractivity contribution is 8.18.